The summed E-state index contributed by atoms with van der Waals surface area (Å²) in [5.41, 5.74) is 0. The molecule has 3 nitrogen and oxygen atoms in total. The summed E-state index contributed by atoms with van der Waals surface area (Å²) in [5, 5.41) is 0. The maximum absolute atomic E-state index is 11.5. The fourth-order valence-corrected chi connectivity index (χ4v) is 1.62. The van der Waals surface area contributed by atoms with Crippen molar-refractivity contribution in [1.82, 2.24) is 0 Å². The van der Waals surface area contributed by atoms with Crippen LogP contribution >= 0.6 is 0 Å². The van der Waals surface area contributed by atoms with Crippen molar-refractivity contribution in [1.29, 1.82) is 0 Å². The first-order chi connectivity index (χ1) is 6.56. The summed E-state index contributed by atoms with van der Waals surface area (Å²) >= 11 is 0.642. The summed E-state index contributed by atoms with van der Waals surface area (Å²) in [6, 6.07) is 0. The number of hydrogen-bond acceptors (Lipinski definition) is 3. The fourth-order valence-electron chi connectivity index (χ4n) is 0.994. The Morgan fingerprint density at radius 2 is 2.07 bits per heavy atom. The molecule has 0 aliphatic heterocycles. The van der Waals surface area contributed by atoms with Crippen LogP contribution in [0, 0.1) is 5.92 Å². The monoisotopic (exact) mass is 300 g/mol. The van der Waals surface area contributed by atoms with Crippen molar-refractivity contribution < 1.29 is 12.4 Å². The molecule has 0 fully saturated rings. The van der Waals surface area contributed by atoms with Gasteiger partial charge in [-0.2, -0.15) is 0 Å². The predicted octanol–water partition coefficient (Wildman–Crippen LogP) is 1.62. The van der Waals surface area contributed by atoms with E-state index in [0.717, 1.165) is 6.42 Å². The number of rotatable bonds is 6. The first-order valence-electron chi connectivity index (χ1n) is 4.71. The second kappa shape index (κ2) is 7.35. The molecule has 2 radical (unpaired) electrons. The van der Waals surface area contributed by atoms with Crippen molar-refractivity contribution in [3.05, 3.63) is 11.8 Å². The molecule has 0 saturated carbocycles. The molecule has 0 amide bonds. The molecule has 0 rings (SSSR count). The standard InChI is InChI=1S/C10H18O3.In/c1-5-10(13-4)9(12)6-8(11)7(2)3;/h6-7,10,12H,5H2,1-4H3;/q;+1/p-1/b9-6-;. The Labute approximate surface area is 101 Å². The minimum absolute atomic E-state index is 0.00936. The molecular weight excluding hydrogens is 283 g/mol. The number of ether oxygens (including phenoxy) is 1. The van der Waals surface area contributed by atoms with E-state index in [-0.39, 0.29) is 17.8 Å². The van der Waals surface area contributed by atoms with Gasteiger partial charge in [-0.25, -0.2) is 0 Å². The van der Waals surface area contributed by atoms with Gasteiger partial charge < -0.3 is 0 Å². The summed E-state index contributed by atoms with van der Waals surface area (Å²) in [6.07, 6.45) is 2.29. The molecule has 0 aromatic heterocycles. The Morgan fingerprint density at radius 1 is 1.50 bits per heavy atom. The normalized spacial score (nSPS) is 14.2. The molecule has 14 heavy (non-hydrogen) atoms. The summed E-state index contributed by atoms with van der Waals surface area (Å²) in [4.78, 5) is 11.5. The number of ketones is 1. The molecule has 1 atom stereocenters. The molecule has 0 N–H and O–H groups in total. The molecule has 0 aromatic carbocycles. The van der Waals surface area contributed by atoms with Crippen molar-refractivity contribution in [3.8, 4) is 0 Å². The minimum atomic E-state index is -0.0900. The van der Waals surface area contributed by atoms with Crippen LogP contribution in [-0.4, -0.2) is 43.8 Å². The van der Waals surface area contributed by atoms with E-state index < -0.39 is 0 Å². The van der Waals surface area contributed by atoms with Gasteiger partial charge in [-0.05, 0) is 0 Å². The second-order valence-corrected chi connectivity index (χ2v) is 4.03. The molecule has 0 bridgehead atoms. The van der Waals surface area contributed by atoms with Crippen molar-refractivity contribution in [2.45, 2.75) is 33.3 Å². The van der Waals surface area contributed by atoms with E-state index in [9.17, 15) is 4.79 Å². The van der Waals surface area contributed by atoms with Crippen molar-refractivity contribution >= 4 is 30.6 Å². The first-order valence-corrected chi connectivity index (χ1v) is 6.06. The Balaban J connectivity index is 4.60. The Kier molecular flexibility index (Phi) is 7.37. The number of carbonyl (C=O) groups excluding carboxylic acids is 1. The van der Waals surface area contributed by atoms with E-state index in [0.29, 0.717) is 30.6 Å². The van der Waals surface area contributed by atoms with Gasteiger partial charge in [-0.3, -0.25) is 0 Å². The second-order valence-electron chi connectivity index (χ2n) is 3.35. The summed E-state index contributed by atoms with van der Waals surface area (Å²) in [7, 11) is 1.63. The van der Waals surface area contributed by atoms with Gasteiger partial charge in [0.15, 0.2) is 0 Å². The molecule has 1 unspecified atom stereocenters. The zero-order valence-electron chi connectivity index (χ0n) is 9.24. The average Bonchev–Trinajstić information content (AvgIpc) is 2.17. The van der Waals surface area contributed by atoms with Crippen LogP contribution in [-0.2, 0) is 12.4 Å². The molecule has 0 spiro atoms. The van der Waals surface area contributed by atoms with Crippen LogP contribution in [0.4, 0.5) is 0 Å². The topological polar surface area (TPSA) is 35.5 Å². The SMILES string of the molecule is CCC(OC)/C(=C/C(=O)C(C)C)[O][In]. The van der Waals surface area contributed by atoms with E-state index in [1.54, 1.807) is 13.2 Å². The molecule has 78 valence electrons. The molecule has 4 heteroatoms. The van der Waals surface area contributed by atoms with E-state index in [2.05, 4.69) is 0 Å². The van der Waals surface area contributed by atoms with Gasteiger partial charge >= 0.3 is 101 Å². The number of allylic oxidation sites excluding steroid dienone is 1. The zero-order valence-corrected chi connectivity index (χ0v) is 12.5. The number of methoxy groups -OCH3 is 1. The Morgan fingerprint density at radius 3 is 2.36 bits per heavy atom. The quantitative estimate of drug-likeness (QED) is 0.552. The molecule has 0 saturated heterocycles. The predicted molar refractivity (Wildman–Crippen MR) is 55.9 cm³/mol. The third kappa shape index (κ3) is 4.51. The third-order valence-corrected chi connectivity index (χ3v) is 2.74. The van der Waals surface area contributed by atoms with E-state index >= 15 is 0 Å². The van der Waals surface area contributed by atoms with Crippen molar-refractivity contribution in [2.75, 3.05) is 7.11 Å². The van der Waals surface area contributed by atoms with Crippen molar-refractivity contribution in [3.63, 3.8) is 0 Å². The van der Waals surface area contributed by atoms with Gasteiger partial charge in [0.2, 0.25) is 0 Å². The molecule has 0 heterocycles. The number of hydrogen-bond donors (Lipinski definition) is 0. The van der Waals surface area contributed by atoms with Crippen LogP contribution in [0.25, 0.3) is 0 Å². The van der Waals surface area contributed by atoms with E-state index in [1.807, 2.05) is 20.8 Å². The number of carbonyl (C=O) groups is 1. The van der Waals surface area contributed by atoms with Crippen LogP contribution in [0.1, 0.15) is 27.2 Å². The van der Waals surface area contributed by atoms with Crippen LogP contribution in [0.5, 0.6) is 0 Å². The van der Waals surface area contributed by atoms with Gasteiger partial charge in [0, 0.05) is 0 Å². The van der Waals surface area contributed by atoms with Crippen LogP contribution in [0.15, 0.2) is 11.8 Å². The fraction of sp³-hybridized carbons (Fsp3) is 0.700. The van der Waals surface area contributed by atoms with Crippen LogP contribution in [0.2, 0.25) is 0 Å². The third-order valence-electron chi connectivity index (χ3n) is 1.96. The first kappa shape index (κ1) is 14.0. The van der Waals surface area contributed by atoms with E-state index in [1.165, 1.54) is 0 Å². The van der Waals surface area contributed by atoms with Gasteiger partial charge in [0.05, 0.1) is 0 Å². The maximum atomic E-state index is 11.5. The van der Waals surface area contributed by atoms with Crippen LogP contribution < -0.4 is 0 Å². The average molecular weight is 300 g/mol. The summed E-state index contributed by atoms with van der Waals surface area (Å²) in [6.45, 7) is 5.74. The van der Waals surface area contributed by atoms with Gasteiger partial charge in [0.25, 0.3) is 0 Å². The Bertz CT molecular complexity index is 207. The molecular formula is C10H17InO3. The van der Waals surface area contributed by atoms with Gasteiger partial charge in [0.1, 0.15) is 0 Å². The van der Waals surface area contributed by atoms with Crippen LogP contribution in [0.3, 0.4) is 0 Å². The molecule has 0 aliphatic carbocycles. The molecule has 0 aliphatic rings. The summed E-state index contributed by atoms with van der Waals surface area (Å²) in [5.74, 6) is 0.760. The van der Waals surface area contributed by atoms with Gasteiger partial charge in [-0.15, -0.1) is 0 Å². The van der Waals surface area contributed by atoms with E-state index in [4.69, 9.17) is 7.59 Å². The zero-order chi connectivity index (χ0) is 11.1. The Hall–Kier alpha value is 0.0401. The summed E-state index contributed by atoms with van der Waals surface area (Å²) < 4.78 is 10.5. The molecule has 0 aromatic rings. The van der Waals surface area contributed by atoms with Crippen molar-refractivity contribution in [2.24, 2.45) is 5.92 Å². The van der Waals surface area contributed by atoms with Gasteiger partial charge in [-0.1, -0.05) is 0 Å².